The van der Waals surface area contributed by atoms with Crippen molar-refractivity contribution in [2.45, 2.75) is 82.8 Å². The minimum atomic E-state index is 0.317. The van der Waals surface area contributed by atoms with Gasteiger partial charge in [-0.15, -0.1) is 0 Å². The van der Waals surface area contributed by atoms with Crippen LogP contribution in [0.5, 0.6) is 0 Å². The summed E-state index contributed by atoms with van der Waals surface area (Å²) in [6.07, 6.45) is 11.8. The van der Waals surface area contributed by atoms with Gasteiger partial charge in [0.1, 0.15) is 0 Å². The highest BCUT2D eigenvalue weighted by atomic mass is 15.3. The number of rotatable bonds is 2. The Morgan fingerprint density at radius 1 is 0.944 bits per heavy atom. The standard InChI is InChI=1S/C16H30N2/c1-16(2)12-18(14-7-5-3-4-6-8-14)15(11-17-16)13-9-10-13/h13-15,17H,3-12H2,1-2H3. The zero-order valence-electron chi connectivity index (χ0n) is 12.3. The van der Waals surface area contributed by atoms with Crippen LogP contribution in [0.15, 0.2) is 0 Å². The van der Waals surface area contributed by atoms with Crippen molar-refractivity contribution >= 4 is 0 Å². The second-order valence-electron chi connectivity index (χ2n) is 7.49. The van der Waals surface area contributed by atoms with E-state index in [1.807, 2.05) is 0 Å². The third kappa shape index (κ3) is 2.91. The molecule has 0 bridgehead atoms. The summed E-state index contributed by atoms with van der Waals surface area (Å²) in [4.78, 5) is 2.92. The van der Waals surface area contributed by atoms with Gasteiger partial charge in [0.15, 0.2) is 0 Å². The van der Waals surface area contributed by atoms with Crippen molar-refractivity contribution in [2.24, 2.45) is 5.92 Å². The quantitative estimate of drug-likeness (QED) is 0.757. The number of hydrogen-bond donors (Lipinski definition) is 1. The first-order valence-electron chi connectivity index (χ1n) is 8.16. The minimum Gasteiger partial charge on any atom is -0.309 e. The highest BCUT2D eigenvalue weighted by Crippen LogP contribution is 2.39. The summed E-state index contributed by atoms with van der Waals surface area (Å²) in [6.45, 7) is 7.24. The molecule has 3 aliphatic rings. The fraction of sp³-hybridized carbons (Fsp3) is 1.00. The predicted octanol–water partition coefficient (Wildman–Crippen LogP) is 3.17. The summed E-state index contributed by atoms with van der Waals surface area (Å²) < 4.78 is 0. The van der Waals surface area contributed by atoms with E-state index in [0.717, 1.165) is 18.0 Å². The van der Waals surface area contributed by atoms with Crippen molar-refractivity contribution in [1.29, 1.82) is 0 Å². The molecule has 1 saturated heterocycles. The lowest BCUT2D eigenvalue weighted by Crippen LogP contribution is -2.64. The highest BCUT2D eigenvalue weighted by molar-refractivity contribution is 5.00. The van der Waals surface area contributed by atoms with Gasteiger partial charge >= 0.3 is 0 Å². The highest BCUT2D eigenvalue weighted by Gasteiger charge is 2.43. The average Bonchev–Trinajstić information content (AvgIpc) is 3.15. The molecule has 0 amide bonds. The van der Waals surface area contributed by atoms with Crippen molar-refractivity contribution in [3.63, 3.8) is 0 Å². The molecule has 2 saturated carbocycles. The molecule has 18 heavy (non-hydrogen) atoms. The monoisotopic (exact) mass is 250 g/mol. The van der Waals surface area contributed by atoms with Crippen LogP contribution in [0.2, 0.25) is 0 Å². The zero-order valence-corrected chi connectivity index (χ0v) is 12.3. The fourth-order valence-corrected chi connectivity index (χ4v) is 4.04. The molecule has 2 nitrogen and oxygen atoms in total. The second-order valence-corrected chi connectivity index (χ2v) is 7.49. The van der Waals surface area contributed by atoms with E-state index in [2.05, 4.69) is 24.1 Å². The van der Waals surface area contributed by atoms with E-state index in [0.29, 0.717) is 5.54 Å². The zero-order chi connectivity index (χ0) is 12.6. The number of piperazine rings is 1. The summed E-state index contributed by atoms with van der Waals surface area (Å²) in [5.74, 6) is 1.01. The van der Waals surface area contributed by atoms with Gasteiger partial charge < -0.3 is 5.32 Å². The van der Waals surface area contributed by atoms with Crippen LogP contribution in [0, 0.1) is 5.92 Å². The molecule has 104 valence electrons. The van der Waals surface area contributed by atoms with Crippen LogP contribution in [0.4, 0.5) is 0 Å². The van der Waals surface area contributed by atoms with Gasteiger partial charge in [-0.3, -0.25) is 4.90 Å². The third-order valence-corrected chi connectivity index (χ3v) is 5.25. The Balaban J connectivity index is 1.71. The Labute approximate surface area is 113 Å². The van der Waals surface area contributed by atoms with Gasteiger partial charge in [-0.05, 0) is 45.4 Å². The van der Waals surface area contributed by atoms with E-state index in [1.54, 1.807) is 0 Å². The molecule has 0 radical (unpaired) electrons. The van der Waals surface area contributed by atoms with Gasteiger partial charge in [0.05, 0.1) is 0 Å². The Morgan fingerprint density at radius 3 is 2.22 bits per heavy atom. The molecular formula is C16H30N2. The molecule has 0 aromatic heterocycles. The van der Waals surface area contributed by atoms with Gasteiger partial charge in [-0.2, -0.15) is 0 Å². The predicted molar refractivity (Wildman–Crippen MR) is 76.8 cm³/mol. The molecular weight excluding hydrogens is 220 g/mol. The number of hydrogen-bond acceptors (Lipinski definition) is 2. The first-order chi connectivity index (χ1) is 8.66. The fourth-order valence-electron chi connectivity index (χ4n) is 4.04. The van der Waals surface area contributed by atoms with Crippen molar-refractivity contribution in [3.8, 4) is 0 Å². The molecule has 0 aromatic rings. The first kappa shape index (κ1) is 12.9. The molecule has 1 atom stereocenters. The summed E-state index contributed by atoms with van der Waals surface area (Å²) in [6, 6.07) is 1.74. The van der Waals surface area contributed by atoms with Crippen molar-refractivity contribution in [3.05, 3.63) is 0 Å². The van der Waals surface area contributed by atoms with Crippen LogP contribution < -0.4 is 5.32 Å². The molecule has 1 unspecified atom stereocenters. The van der Waals surface area contributed by atoms with Crippen molar-refractivity contribution in [1.82, 2.24) is 10.2 Å². The van der Waals surface area contributed by atoms with Gasteiger partial charge in [0, 0.05) is 30.7 Å². The minimum absolute atomic E-state index is 0.317. The molecule has 0 spiro atoms. The molecule has 2 heteroatoms. The van der Waals surface area contributed by atoms with E-state index >= 15 is 0 Å². The molecule has 1 N–H and O–H groups in total. The number of nitrogens with one attached hydrogen (secondary N) is 1. The SMILES string of the molecule is CC1(C)CN(C2CCCCCC2)C(C2CC2)CN1. The average molecular weight is 250 g/mol. The van der Waals surface area contributed by atoms with Crippen LogP contribution in [0.1, 0.15) is 65.2 Å². The Hall–Kier alpha value is -0.0800. The van der Waals surface area contributed by atoms with Crippen LogP contribution >= 0.6 is 0 Å². The Morgan fingerprint density at radius 2 is 1.61 bits per heavy atom. The first-order valence-corrected chi connectivity index (χ1v) is 8.16. The smallest absolute Gasteiger partial charge is 0.0253 e. The van der Waals surface area contributed by atoms with E-state index in [-0.39, 0.29) is 0 Å². The maximum atomic E-state index is 3.77. The molecule has 3 fully saturated rings. The summed E-state index contributed by atoms with van der Waals surface area (Å²) in [5.41, 5.74) is 0.317. The Bertz CT molecular complexity index is 275. The molecule has 1 heterocycles. The molecule has 1 aliphatic heterocycles. The third-order valence-electron chi connectivity index (χ3n) is 5.25. The lowest BCUT2D eigenvalue weighted by Gasteiger charge is -2.48. The van der Waals surface area contributed by atoms with Crippen LogP contribution in [0.25, 0.3) is 0 Å². The van der Waals surface area contributed by atoms with Crippen molar-refractivity contribution in [2.75, 3.05) is 13.1 Å². The topological polar surface area (TPSA) is 15.3 Å². The Kier molecular flexibility index (Phi) is 3.68. The van der Waals surface area contributed by atoms with Crippen molar-refractivity contribution < 1.29 is 0 Å². The van der Waals surface area contributed by atoms with Crippen LogP contribution in [-0.4, -0.2) is 35.6 Å². The summed E-state index contributed by atoms with van der Waals surface area (Å²) in [5, 5.41) is 3.77. The maximum absolute atomic E-state index is 3.77. The molecule has 3 rings (SSSR count). The van der Waals surface area contributed by atoms with Gasteiger partial charge in [0.25, 0.3) is 0 Å². The van der Waals surface area contributed by atoms with Gasteiger partial charge in [0.2, 0.25) is 0 Å². The summed E-state index contributed by atoms with van der Waals surface area (Å²) >= 11 is 0. The number of nitrogens with zero attached hydrogens (tertiary/aromatic N) is 1. The van der Waals surface area contributed by atoms with E-state index in [4.69, 9.17) is 0 Å². The maximum Gasteiger partial charge on any atom is 0.0253 e. The normalized spacial score (nSPS) is 35.3. The van der Waals surface area contributed by atoms with E-state index in [1.165, 1.54) is 64.5 Å². The van der Waals surface area contributed by atoms with E-state index < -0.39 is 0 Å². The van der Waals surface area contributed by atoms with Crippen LogP contribution in [0.3, 0.4) is 0 Å². The second kappa shape index (κ2) is 5.13. The molecule has 0 aromatic carbocycles. The van der Waals surface area contributed by atoms with Gasteiger partial charge in [-0.1, -0.05) is 25.7 Å². The lowest BCUT2D eigenvalue weighted by atomic mass is 9.92. The molecule has 2 aliphatic carbocycles. The summed E-state index contributed by atoms with van der Waals surface area (Å²) in [7, 11) is 0. The lowest BCUT2D eigenvalue weighted by molar-refractivity contribution is 0.0369. The van der Waals surface area contributed by atoms with Crippen LogP contribution in [-0.2, 0) is 0 Å². The van der Waals surface area contributed by atoms with Gasteiger partial charge in [-0.25, -0.2) is 0 Å². The largest absolute Gasteiger partial charge is 0.309 e. The van der Waals surface area contributed by atoms with E-state index in [9.17, 15) is 0 Å².